The van der Waals surface area contributed by atoms with Crippen LogP contribution >= 0.6 is 0 Å². The highest BCUT2D eigenvalue weighted by Crippen LogP contribution is 2.24. The second-order valence-corrected chi connectivity index (χ2v) is 5.29. The van der Waals surface area contributed by atoms with Crippen molar-refractivity contribution < 1.29 is 9.90 Å². The molecule has 0 aliphatic carbocycles. The van der Waals surface area contributed by atoms with Gasteiger partial charge in [-0.15, -0.1) is 0 Å². The molecule has 0 aliphatic heterocycles. The number of benzene rings is 1. The van der Waals surface area contributed by atoms with Crippen LogP contribution in [0.3, 0.4) is 0 Å². The van der Waals surface area contributed by atoms with Gasteiger partial charge in [0.15, 0.2) is 0 Å². The molecule has 0 bridgehead atoms. The molecule has 0 aromatic heterocycles. The van der Waals surface area contributed by atoms with Gasteiger partial charge in [-0.25, -0.2) is 0 Å². The van der Waals surface area contributed by atoms with Crippen molar-refractivity contribution in [1.29, 1.82) is 0 Å². The third-order valence-corrected chi connectivity index (χ3v) is 3.88. The Bertz CT molecular complexity index is 400. The smallest absolute Gasteiger partial charge is 0.306 e. The van der Waals surface area contributed by atoms with Crippen LogP contribution in [-0.4, -0.2) is 18.1 Å². The molecule has 2 N–H and O–H groups in total. The number of hydrogen-bond donors (Lipinski definition) is 2. The van der Waals surface area contributed by atoms with Crippen LogP contribution in [0.25, 0.3) is 0 Å². The van der Waals surface area contributed by atoms with Crippen molar-refractivity contribution in [2.75, 3.05) is 7.05 Å². The number of carbonyl (C=O) groups is 1. The molecule has 0 saturated heterocycles. The predicted octanol–water partition coefficient (Wildman–Crippen LogP) is 3.57. The van der Waals surface area contributed by atoms with Crippen LogP contribution in [0.2, 0.25) is 0 Å². The fourth-order valence-electron chi connectivity index (χ4n) is 2.17. The van der Waals surface area contributed by atoms with E-state index in [1.165, 1.54) is 5.56 Å². The molecule has 0 amide bonds. The molecule has 1 aromatic rings. The van der Waals surface area contributed by atoms with E-state index in [0.29, 0.717) is 12.3 Å². The van der Waals surface area contributed by atoms with E-state index < -0.39 is 5.97 Å². The Balaban J connectivity index is 2.79. The van der Waals surface area contributed by atoms with Crippen LogP contribution < -0.4 is 5.32 Å². The van der Waals surface area contributed by atoms with E-state index in [0.717, 1.165) is 12.0 Å². The summed E-state index contributed by atoms with van der Waals surface area (Å²) >= 11 is 0. The first-order valence-electron chi connectivity index (χ1n) is 6.99. The quantitative estimate of drug-likeness (QED) is 0.790. The van der Waals surface area contributed by atoms with Gasteiger partial charge in [-0.1, -0.05) is 45.0 Å². The molecule has 3 atom stereocenters. The van der Waals surface area contributed by atoms with Gasteiger partial charge in [-0.3, -0.25) is 4.79 Å². The van der Waals surface area contributed by atoms with Crippen molar-refractivity contribution in [2.24, 2.45) is 5.92 Å². The number of carboxylic acid groups (broad SMARTS) is 1. The summed E-state index contributed by atoms with van der Waals surface area (Å²) in [6, 6.07) is 8.62. The lowest BCUT2D eigenvalue weighted by Crippen LogP contribution is -2.22. The first-order chi connectivity index (χ1) is 8.99. The lowest BCUT2D eigenvalue weighted by Gasteiger charge is -2.20. The lowest BCUT2D eigenvalue weighted by atomic mass is 9.92. The Kier molecular flexibility index (Phi) is 6.03. The molecule has 3 unspecified atom stereocenters. The number of carboxylic acids is 1. The number of rotatable bonds is 7. The van der Waals surface area contributed by atoms with Gasteiger partial charge in [0.2, 0.25) is 0 Å². The van der Waals surface area contributed by atoms with E-state index in [4.69, 9.17) is 5.11 Å². The minimum absolute atomic E-state index is 0.0945. The van der Waals surface area contributed by atoms with Gasteiger partial charge < -0.3 is 10.4 Å². The molecule has 0 heterocycles. The van der Waals surface area contributed by atoms with Crippen molar-refractivity contribution >= 4 is 5.97 Å². The lowest BCUT2D eigenvalue weighted by molar-refractivity contribution is -0.141. The van der Waals surface area contributed by atoms with E-state index in [-0.39, 0.29) is 12.0 Å². The number of nitrogens with one attached hydrogen (secondary N) is 1. The zero-order valence-electron chi connectivity index (χ0n) is 12.3. The van der Waals surface area contributed by atoms with Crippen molar-refractivity contribution in [3.8, 4) is 0 Å². The molecule has 0 spiro atoms. The minimum Gasteiger partial charge on any atom is -0.481 e. The topological polar surface area (TPSA) is 49.3 Å². The molecular weight excluding hydrogens is 238 g/mol. The molecule has 0 fully saturated rings. The Morgan fingerprint density at radius 3 is 2.16 bits per heavy atom. The van der Waals surface area contributed by atoms with Crippen LogP contribution in [0.5, 0.6) is 0 Å². The third-order valence-electron chi connectivity index (χ3n) is 3.88. The second kappa shape index (κ2) is 7.29. The summed E-state index contributed by atoms with van der Waals surface area (Å²) < 4.78 is 0. The van der Waals surface area contributed by atoms with Gasteiger partial charge >= 0.3 is 5.97 Å². The van der Waals surface area contributed by atoms with Gasteiger partial charge in [0.05, 0.1) is 5.92 Å². The number of aliphatic carboxylic acids is 1. The summed E-state index contributed by atoms with van der Waals surface area (Å²) in [5.41, 5.74) is 2.50. The highest BCUT2D eigenvalue weighted by Gasteiger charge is 2.18. The average molecular weight is 263 g/mol. The van der Waals surface area contributed by atoms with Crippen LogP contribution in [0.15, 0.2) is 24.3 Å². The van der Waals surface area contributed by atoms with E-state index in [9.17, 15) is 4.79 Å². The second-order valence-electron chi connectivity index (χ2n) is 5.29. The molecule has 0 saturated carbocycles. The third kappa shape index (κ3) is 4.35. The highest BCUT2D eigenvalue weighted by molar-refractivity contribution is 5.69. The molecule has 19 heavy (non-hydrogen) atoms. The Labute approximate surface area is 116 Å². The average Bonchev–Trinajstić information content (AvgIpc) is 2.43. The van der Waals surface area contributed by atoms with Crippen molar-refractivity contribution in [2.45, 2.75) is 45.6 Å². The van der Waals surface area contributed by atoms with E-state index in [2.05, 4.69) is 43.4 Å². The molecular formula is C16H25NO2. The van der Waals surface area contributed by atoms with Crippen molar-refractivity contribution in [3.05, 3.63) is 35.4 Å². The summed E-state index contributed by atoms with van der Waals surface area (Å²) in [5, 5.41) is 12.2. The fraction of sp³-hybridized carbons (Fsp3) is 0.562. The molecule has 0 radical (unpaired) electrons. The molecule has 1 rings (SSSR count). The van der Waals surface area contributed by atoms with Crippen LogP contribution in [0.1, 0.15) is 56.7 Å². The van der Waals surface area contributed by atoms with E-state index >= 15 is 0 Å². The highest BCUT2D eigenvalue weighted by atomic mass is 16.4. The standard InChI is InChI=1S/C16H25NO2/c1-5-11(2)13-6-8-14(9-7-13)15(17-4)10-12(3)16(18)19/h6-9,11-12,15,17H,5,10H2,1-4H3,(H,18,19). The van der Waals surface area contributed by atoms with Gasteiger partial charge in [0.1, 0.15) is 0 Å². The Morgan fingerprint density at radius 1 is 1.21 bits per heavy atom. The van der Waals surface area contributed by atoms with E-state index in [1.807, 2.05) is 7.05 Å². The largest absolute Gasteiger partial charge is 0.481 e. The van der Waals surface area contributed by atoms with Gasteiger partial charge in [-0.05, 0) is 36.9 Å². The summed E-state index contributed by atoms with van der Waals surface area (Å²) in [6.07, 6.45) is 1.74. The van der Waals surface area contributed by atoms with Crippen molar-refractivity contribution in [3.63, 3.8) is 0 Å². The first kappa shape index (κ1) is 15.7. The predicted molar refractivity (Wildman–Crippen MR) is 78.4 cm³/mol. The zero-order chi connectivity index (χ0) is 14.4. The maximum atomic E-state index is 10.9. The maximum Gasteiger partial charge on any atom is 0.306 e. The molecule has 106 valence electrons. The fourth-order valence-corrected chi connectivity index (χ4v) is 2.17. The molecule has 3 nitrogen and oxygen atoms in total. The zero-order valence-corrected chi connectivity index (χ0v) is 12.3. The summed E-state index contributed by atoms with van der Waals surface area (Å²) in [7, 11) is 1.88. The van der Waals surface area contributed by atoms with Gasteiger partial charge in [-0.2, -0.15) is 0 Å². The van der Waals surface area contributed by atoms with Crippen LogP contribution in [-0.2, 0) is 4.79 Å². The minimum atomic E-state index is -0.739. The molecule has 1 aromatic carbocycles. The Morgan fingerprint density at radius 2 is 1.74 bits per heavy atom. The molecule has 0 aliphatic rings. The van der Waals surface area contributed by atoms with Crippen LogP contribution in [0.4, 0.5) is 0 Å². The molecule has 3 heteroatoms. The van der Waals surface area contributed by atoms with Gasteiger partial charge in [0, 0.05) is 6.04 Å². The van der Waals surface area contributed by atoms with E-state index in [1.54, 1.807) is 6.92 Å². The number of hydrogen-bond acceptors (Lipinski definition) is 2. The summed E-state index contributed by atoms with van der Waals surface area (Å²) in [4.78, 5) is 10.9. The SMILES string of the molecule is CCC(C)c1ccc(C(CC(C)C(=O)O)NC)cc1. The summed E-state index contributed by atoms with van der Waals surface area (Å²) in [6.45, 7) is 6.15. The normalized spacial score (nSPS) is 15.8. The van der Waals surface area contributed by atoms with Crippen molar-refractivity contribution in [1.82, 2.24) is 5.32 Å². The van der Waals surface area contributed by atoms with Crippen LogP contribution in [0, 0.1) is 5.92 Å². The summed E-state index contributed by atoms with van der Waals surface area (Å²) in [5.74, 6) is -0.511. The first-order valence-corrected chi connectivity index (χ1v) is 6.99. The van der Waals surface area contributed by atoms with Gasteiger partial charge in [0.25, 0.3) is 0 Å². The monoisotopic (exact) mass is 263 g/mol. The maximum absolute atomic E-state index is 10.9. The Hall–Kier alpha value is -1.35.